The Balaban J connectivity index is 2.12. The highest BCUT2D eigenvalue weighted by atomic mass is 15.1. The molecule has 1 aliphatic carbocycles. The molecule has 0 amide bonds. The number of imidazole rings is 1. The first kappa shape index (κ1) is 11.6. The van der Waals surface area contributed by atoms with Crippen molar-refractivity contribution in [2.24, 2.45) is 0 Å². The first-order valence-corrected chi connectivity index (χ1v) is 6.61. The van der Waals surface area contributed by atoms with Crippen molar-refractivity contribution >= 4 is 0 Å². The van der Waals surface area contributed by atoms with Crippen LogP contribution in [-0.2, 0) is 6.42 Å². The molecule has 1 heterocycles. The third-order valence-electron chi connectivity index (χ3n) is 3.53. The molecular formula is C13H23N3. The largest absolute Gasteiger partial charge is 0.330 e. The van der Waals surface area contributed by atoms with Crippen LogP contribution in [-0.4, -0.2) is 22.1 Å². The predicted octanol–water partition coefficient (Wildman–Crippen LogP) is 2.54. The lowest BCUT2D eigenvalue weighted by Gasteiger charge is -2.23. The Morgan fingerprint density at radius 1 is 1.44 bits per heavy atom. The Kier molecular flexibility index (Phi) is 3.99. The molecule has 90 valence electrons. The standard InChI is InChI=1S/C13H23N3/c1-3-6-13-15-9-10-16(13)12-8-5-7-11(12)14-4-2/h9-12,14H,3-8H2,1-2H3. The molecule has 2 unspecified atom stereocenters. The Morgan fingerprint density at radius 2 is 2.31 bits per heavy atom. The van der Waals surface area contributed by atoms with E-state index in [1.807, 2.05) is 6.20 Å². The quantitative estimate of drug-likeness (QED) is 0.828. The van der Waals surface area contributed by atoms with E-state index in [4.69, 9.17) is 0 Å². The molecule has 0 bridgehead atoms. The van der Waals surface area contributed by atoms with Crippen molar-refractivity contribution in [1.82, 2.24) is 14.9 Å². The zero-order valence-electron chi connectivity index (χ0n) is 10.4. The summed E-state index contributed by atoms with van der Waals surface area (Å²) in [5.41, 5.74) is 0. The highest BCUT2D eigenvalue weighted by molar-refractivity contribution is 5.00. The zero-order valence-corrected chi connectivity index (χ0v) is 10.4. The number of rotatable bonds is 5. The molecule has 0 radical (unpaired) electrons. The summed E-state index contributed by atoms with van der Waals surface area (Å²) in [6.07, 6.45) is 10.3. The van der Waals surface area contributed by atoms with E-state index in [1.165, 1.54) is 31.5 Å². The molecule has 2 atom stereocenters. The van der Waals surface area contributed by atoms with E-state index in [1.54, 1.807) is 0 Å². The van der Waals surface area contributed by atoms with Crippen molar-refractivity contribution < 1.29 is 0 Å². The molecule has 1 fully saturated rings. The van der Waals surface area contributed by atoms with E-state index in [-0.39, 0.29) is 0 Å². The fourth-order valence-electron chi connectivity index (χ4n) is 2.84. The first-order valence-electron chi connectivity index (χ1n) is 6.61. The Labute approximate surface area is 98.3 Å². The van der Waals surface area contributed by atoms with Gasteiger partial charge < -0.3 is 9.88 Å². The lowest BCUT2D eigenvalue weighted by molar-refractivity contribution is 0.389. The maximum absolute atomic E-state index is 4.48. The van der Waals surface area contributed by atoms with Gasteiger partial charge in [-0.05, 0) is 32.2 Å². The predicted molar refractivity (Wildman–Crippen MR) is 66.6 cm³/mol. The molecule has 0 aromatic carbocycles. The minimum Gasteiger partial charge on any atom is -0.330 e. The van der Waals surface area contributed by atoms with Gasteiger partial charge in [-0.3, -0.25) is 0 Å². The van der Waals surface area contributed by atoms with Crippen LogP contribution in [0.15, 0.2) is 12.4 Å². The summed E-state index contributed by atoms with van der Waals surface area (Å²) in [4.78, 5) is 4.48. The normalized spacial score (nSPS) is 25.1. The van der Waals surface area contributed by atoms with Gasteiger partial charge in [0.15, 0.2) is 0 Å². The number of nitrogens with one attached hydrogen (secondary N) is 1. The van der Waals surface area contributed by atoms with Crippen LogP contribution in [0.5, 0.6) is 0 Å². The summed E-state index contributed by atoms with van der Waals surface area (Å²) in [5.74, 6) is 1.26. The number of nitrogens with zero attached hydrogens (tertiary/aromatic N) is 2. The van der Waals surface area contributed by atoms with Gasteiger partial charge in [0, 0.05) is 24.9 Å². The number of hydrogen-bond donors (Lipinski definition) is 1. The van der Waals surface area contributed by atoms with Crippen LogP contribution in [0.3, 0.4) is 0 Å². The van der Waals surface area contributed by atoms with E-state index in [0.717, 1.165) is 13.0 Å². The van der Waals surface area contributed by atoms with Crippen molar-refractivity contribution in [2.75, 3.05) is 6.54 Å². The van der Waals surface area contributed by atoms with Crippen molar-refractivity contribution in [3.63, 3.8) is 0 Å². The maximum Gasteiger partial charge on any atom is 0.108 e. The van der Waals surface area contributed by atoms with Crippen molar-refractivity contribution in [3.8, 4) is 0 Å². The highest BCUT2D eigenvalue weighted by Gasteiger charge is 2.28. The molecule has 2 rings (SSSR count). The molecule has 1 saturated carbocycles. The van der Waals surface area contributed by atoms with E-state index in [2.05, 4.69) is 34.9 Å². The third kappa shape index (κ3) is 2.29. The van der Waals surface area contributed by atoms with Crippen LogP contribution in [0.25, 0.3) is 0 Å². The summed E-state index contributed by atoms with van der Waals surface area (Å²) < 4.78 is 2.41. The van der Waals surface area contributed by atoms with Gasteiger partial charge in [-0.25, -0.2) is 4.98 Å². The van der Waals surface area contributed by atoms with Crippen LogP contribution in [0, 0.1) is 0 Å². The van der Waals surface area contributed by atoms with Crippen LogP contribution in [0.2, 0.25) is 0 Å². The molecule has 0 saturated heterocycles. The molecule has 0 spiro atoms. The van der Waals surface area contributed by atoms with E-state index in [0.29, 0.717) is 12.1 Å². The third-order valence-corrected chi connectivity index (χ3v) is 3.53. The molecule has 1 aliphatic rings. The molecule has 1 aromatic heterocycles. The summed E-state index contributed by atoms with van der Waals surface area (Å²) in [5, 5.41) is 3.60. The number of hydrogen-bond acceptors (Lipinski definition) is 2. The minimum absolute atomic E-state index is 0.629. The lowest BCUT2D eigenvalue weighted by Crippen LogP contribution is -2.34. The smallest absolute Gasteiger partial charge is 0.108 e. The topological polar surface area (TPSA) is 29.9 Å². The second kappa shape index (κ2) is 5.48. The first-order chi connectivity index (χ1) is 7.86. The summed E-state index contributed by atoms with van der Waals surface area (Å²) in [6, 6.07) is 1.28. The average molecular weight is 221 g/mol. The average Bonchev–Trinajstić information content (AvgIpc) is 2.87. The molecule has 0 aliphatic heterocycles. The van der Waals surface area contributed by atoms with Gasteiger partial charge in [0.05, 0.1) is 6.04 Å². The molecule has 3 heteroatoms. The van der Waals surface area contributed by atoms with Gasteiger partial charge in [-0.2, -0.15) is 0 Å². The van der Waals surface area contributed by atoms with Gasteiger partial charge in [-0.15, -0.1) is 0 Å². The number of likely N-dealkylation sites (N-methyl/N-ethyl adjacent to an activating group) is 1. The lowest BCUT2D eigenvalue weighted by atomic mass is 10.1. The summed E-state index contributed by atoms with van der Waals surface area (Å²) in [6.45, 7) is 5.48. The molecular weight excluding hydrogens is 198 g/mol. The van der Waals surface area contributed by atoms with Crippen molar-refractivity contribution in [3.05, 3.63) is 18.2 Å². The highest BCUT2D eigenvalue weighted by Crippen LogP contribution is 2.31. The minimum atomic E-state index is 0.629. The Hall–Kier alpha value is -0.830. The maximum atomic E-state index is 4.48. The summed E-state index contributed by atoms with van der Waals surface area (Å²) in [7, 11) is 0. The molecule has 1 N–H and O–H groups in total. The van der Waals surface area contributed by atoms with E-state index in [9.17, 15) is 0 Å². The molecule has 16 heavy (non-hydrogen) atoms. The Bertz CT molecular complexity index is 319. The van der Waals surface area contributed by atoms with Crippen LogP contribution >= 0.6 is 0 Å². The van der Waals surface area contributed by atoms with Crippen LogP contribution in [0.4, 0.5) is 0 Å². The van der Waals surface area contributed by atoms with Crippen LogP contribution < -0.4 is 5.32 Å². The van der Waals surface area contributed by atoms with E-state index >= 15 is 0 Å². The fraction of sp³-hybridized carbons (Fsp3) is 0.769. The monoisotopic (exact) mass is 221 g/mol. The van der Waals surface area contributed by atoms with Gasteiger partial charge in [0.25, 0.3) is 0 Å². The zero-order chi connectivity index (χ0) is 11.4. The Morgan fingerprint density at radius 3 is 3.06 bits per heavy atom. The van der Waals surface area contributed by atoms with Gasteiger partial charge in [-0.1, -0.05) is 13.8 Å². The second-order valence-corrected chi connectivity index (χ2v) is 4.66. The SMILES string of the molecule is CCCc1nccn1C1CCCC1NCC. The number of aryl methyl sites for hydroxylation is 1. The van der Waals surface area contributed by atoms with Crippen molar-refractivity contribution in [2.45, 2.75) is 58.0 Å². The van der Waals surface area contributed by atoms with Crippen LogP contribution in [0.1, 0.15) is 51.4 Å². The molecule has 1 aromatic rings. The van der Waals surface area contributed by atoms with Gasteiger partial charge in [0.2, 0.25) is 0 Å². The van der Waals surface area contributed by atoms with Gasteiger partial charge >= 0.3 is 0 Å². The number of aromatic nitrogens is 2. The fourth-order valence-corrected chi connectivity index (χ4v) is 2.84. The molecule has 3 nitrogen and oxygen atoms in total. The van der Waals surface area contributed by atoms with E-state index < -0.39 is 0 Å². The van der Waals surface area contributed by atoms with Gasteiger partial charge in [0.1, 0.15) is 5.82 Å². The summed E-state index contributed by atoms with van der Waals surface area (Å²) >= 11 is 0. The van der Waals surface area contributed by atoms with Crippen molar-refractivity contribution in [1.29, 1.82) is 0 Å². The second-order valence-electron chi connectivity index (χ2n) is 4.66.